The van der Waals surface area contributed by atoms with E-state index < -0.39 is 44.7 Å². The molecular weight excluding hydrogens is 339 g/mol. The lowest BCUT2D eigenvalue weighted by Crippen LogP contribution is -2.37. The van der Waals surface area contributed by atoms with Gasteiger partial charge in [0.2, 0.25) is 0 Å². The molecule has 2 rings (SSSR count). The van der Waals surface area contributed by atoms with Crippen LogP contribution in [0.1, 0.15) is 11.8 Å². The molecule has 0 aliphatic carbocycles. The molecule has 1 aliphatic heterocycles. The number of H-pyrrole nitrogens is 1. The van der Waals surface area contributed by atoms with E-state index in [2.05, 4.69) is 9.51 Å². The summed E-state index contributed by atoms with van der Waals surface area (Å²) in [6.45, 7) is 0.998. The van der Waals surface area contributed by atoms with Crippen molar-refractivity contribution in [2.45, 2.75) is 31.5 Å². The molecule has 10 nitrogen and oxygen atoms in total. The van der Waals surface area contributed by atoms with Crippen LogP contribution in [-0.2, 0) is 13.8 Å². The van der Waals surface area contributed by atoms with Gasteiger partial charge in [0.25, 0.3) is 0 Å². The number of phosphoric ester groups is 1. The second-order valence-electron chi connectivity index (χ2n) is 4.78. The predicted molar refractivity (Wildman–Crippen MR) is 74.5 cm³/mol. The van der Waals surface area contributed by atoms with E-state index in [1.807, 2.05) is 0 Å². The Bertz CT molecular complexity index is 712. The number of nitrogens with one attached hydrogen (secondary N) is 1. The largest absolute Gasteiger partial charge is 0.470 e. The number of aliphatic hydroxyl groups is 2. The SMILES string of the molecule is Cc1cn([C@@H]2O[C@H](CO)[C@@H](O)C2OP(=O)(O)O)c(=O)[nH]c1=S. The molecule has 1 unspecified atom stereocenters. The second-order valence-corrected chi connectivity index (χ2v) is 6.38. The molecule has 1 saturated heterocycles. The van der Waals surface area contributed by atoms with E-state index in [1.165, 1.54) is 6.20 Å². The number of aliphatic hydroxyl groups excluding tert-OH is 2. The number of hydrogen-bond donors (Lipinski definition) is 5. The highest BCUT2D eigenvalue weighted by molar-refractivity contribution is 7.71. The van der Waals surface area contributed by atoms with E-state index in [0.717, 1.165) is 4.57 Å². The zero-order valence-electron chi connectivity index (χ0n) is 11.3. The molecule has 22 heavy (non-hydrogen) atoms. The minimum Gasteiger partial charge on any atom is -0.394 e. The Morgan fingerprint density at radius 1 is 1.55 bits per heavy atom. The number of aromatic nitrogens is 2. The van der Waals surface area contributed by atoms with Crippen LogP contribution in [0, 0.1) is 11.6 Å². The van der Waals surface area contributed by atoms with Crippen molar-refractivity contribution < 1.29 is 33.8 Å². The average Bonchev–Trinajstić information content (AvgIpc) is 2.69. The van der Waals surface area contributed by atoms with Crippen LogP contribution in [0.25, 0.3) is 0 Å². The van der Waals surface area contributed by atoms with Crippen LogP contribution in [-0.4, -0.2) is 54.5 Å². The number of ether oxygens (including phenoxy) is 1. The number of rotatable bonds is 4. The molecule has 124 valence electrons. The van der Waals surface area contributed by atoms with Crippen molar-refractivity contribution in [2.75, 3.05) is 6.61 Å². The van der Waals surface area contributed by atoms with Crippen molar-refractivity contribution in [1.29, 1.82) is 0 Å². The summed E-state index contributed by atoms with van der Waals surface area (Å²) in [6.07, 6.45) is -4.25. The van der Waals surface area contributed by atoms with Gasteiger partial charge in [-0.05, 0) is 6.92 Å². The molecule has 2 heterocycles. The molecule has 1 aromatic heterocycles. The van der Waals surface area contributed by atoms with Gasteiger partial charge in [0.1, 0.15) is 23.0 Å². The van der Waals surface area contributed by atoms with Gasteiger partial charge in [0.05, 0.1) is 6.61 Å². The molecule has 1 aromatic rings. The monoisotopic (exact) mass is 354 g/mol. The predicted octanol–water partition coefficient (Wildman–Crippen LogP) is -1.06. The van der Waals surface area contributed by atoms with Crippen molar-refractivity contribution in [3.05, 3.63) is 26.9 Å². The van der Waals surface area contributed by atoms with E-state index in [-0.39, 0.29) is 4.64 Å². The lowest BCUT2D eigenvalue weighted by molar-refractivity contribution is -0.0544. The Kier molecular flexibility index (Phi) is 5.00. The zero-order chi connectivity index (χ0) is 16.7. The maximum Gasteiger partial charge on any atom is 0.470 e. The number of aryl methyl sites for hydroxylation is 1. The van der Waals surface area contributed by atoms with Crippen LogP contribution in [0.4, 0.5) is 0 Å². The van der Waals surface area contributed by atoms with E-state index >= 15 is 0 Å². The molecule has 0 saturated carbocycles. The Morgan fingerprint density at radius 3 is 2.73 bits per heavy atom. The van der Waals surface area contributed by atoms with Gasteiger partial charge in [-0.2, -0.15) is 0 Å². The molecule has 1 fully saturated rings. The van der Waals surface area contributed by atoms with Crippen molar-refractivity contribution in [1.82, 2.24) is 9.55 Å². The van der Waals surface area contributed by atoms with Crippen molar-refractivity contribution in [3.63, 3.8) is 0 Å². The number of aromatic amines is 1. The fraction of sp³-hybridized carbons (Fsp3) is 0.600. The first-order chi connectivity index (χ1) is 10.1. The van der Waals surface area contributed by atoms with Crippen LogP contribution in [0.15, 0.2) is 11.0 Å². The smallest absolute Gasteiger partial charge is 0.394 e. The van der Waals surface area contributed by atoms with Crippen LogP contribution < -0.4 is 5.69 Å². The van der Waals surface area contributed by atoms with Crippen LogP contribution in [0.2, 0.25) is 0 Å². The molecule has 1 aliphatic rings. The Balaban J connectivity index is 2.47. The van der Waals surface area contributed by atoms with Gasteiger partial charge < -0.3 is 24.7 Å². The fourth-order valence-electron chi connectivity index (χ4n) is 2.14. The molecular formula is C10H15N2O8PS. The summed E-state index contributed by atoms with van der Waals surface area (Å²) >= 11 is 4.91. The van der Waals surface area contributed by atoms with Crippen LogP contribution >= 0.6 is 20.0 Å². The van der Waals surface area contributed by atoms with Crippen molar-refractivity contribution in [2.24, 2.45) is 0 Å². The van der Waals surface area contributed by atoms with Crippen molar-refractivity contribution in [3.8, 4) is 0 Å². The third kappa shape index (κ3) is 3.53. The number of nitrogens with zero attached hydrogens (tertiary/aromatic N) is 1. The summed E-state index contributed by atoms with van der Waals surface area (Å²) in [7, 11) is -4.95. The van der Waals surface area contributed by atoms with Crippen LogP contribution in [0.3, 0.4) is 0 Å². The highest BCUT2D eigenvalue weighted by atomic mass is 32.1. The molecule has 4 atom stereocenters. The maximum absolute atomic E-state index is 12.0. The first-order valence-corrected chi connectivity index (χ1v) is 8.08. The standard InChI is InChI=1S/C10H15N2O8PS/c1-4-2-12(10(15)11-8(4)22)9-7(20-21(16,17)18)6(14)5(3-13)19-9/h2,5-7,9,13-14H,3H2,1H3,(H,11,15,22)(H2,16,17,18)/t5-,6-,7?,9-/m1/s1. The lowest BCUT2D eigenvalue weighted by atomic mass is 10.1. The van der Waals surface area contributed by atoms with Gasteiger partial charge in [-0.3, -0.25) is 14.1 Å². The minimum atomic E-state index is -4.95. The molecule has 0 aromatic carbocycles. The quantitative estimate of drug-likeness (QED) is 0.336. The van der Waals surface area contributed by atoms with Gasteiger partial charge in [-0.15, -0.1) is 0 Å². The highest BCUT2D eigenvalue weighted by Gasteiger charge is 2.48. The van der Waals surface area contributed by atoms with E-state index in [1.54, 1.807) is 6.92 Å². The van der Waals surface area contributed by atoms with E-state index in [9.17, 15) is 14.5 Å². The van der Waals surface area contributed by atoms with Gasteiger partial charge in [-0.1, -0.05) is 12.2 Å². The maximum atomic E-state index is 12.0. The van der Waals surface area contributed by atoms with E-state index in [4.69, 9.17) is 31.8 Å². The summed E-state index contributed by atoms with van der Waals surface area (Å²) < 4.78 is 22.0. The summed E-state index contributed by atoms with van der Waals surface area (Å²) in [5, 5.41) is 19.1. The third-order valence-electron chi connectivity index (χ3n) is 3.17. The lowest BCUT2D eigenvalue weighted by Gasteiger charge is -2.22. The molecule has 0 amide bonds. The van der Waals surface area contributed by atoms with Gasteiger partial charge in [0.15, 0.2) is 6.23 Å². The molecule has 12 heteroatoms. The van der Waals surface area contributed by atoms with E-state index in [0.29, 0.717) is 5.56 Å². The normalized spacial score (nSPS) is 29.0. The number of phosphoric acid groups is 1. The first-order valence-electron chi connectivity index (χ1n) is 6.14. The molecule has 5 N–H and O–H groups in total. The minimum absolute atomic E-state index is 0.200. The summed E-state index contributed by atoms with van der Waals surface area (Å²) in [4.78, 5) is 32.2. The third-order valence-corrected chi connectivity index (χ3v) is 4.11. The molecule has 0 spiro atoms. The summed E-state index contributed by atoms with van der Waals surface area (Å²) in [5.41, 5.74) is -0.194. The fourth-order valence-corrected chi connectivity index (χ4v) is 2.83. The van der Waals surface area contributed by atoms with Gasteiger partial charge in [-0.25, -0.2) is 9.36 Å². The Hall–Kier alpha value is -0.910. The Labute approximate surface area is 129 Å². The Morgan fingerprint density at radius 2 is 2.18 bits per heavy atom. The summed E-state index contributed by atoms with van der Waals surface area (Å²) in [5.74, 6) is 0. The average molecular weight is 354 g/mol. The molecule has 0 bridgehead atoms. The highest BCUT2D eigenvalue weighted by Crippen LogP contribution is 2.44. The summed E-state index contributed by atoms with van der Waals surface area (Å²) in [6, 6.07) is 0. The van der Waals surface area contributed by atoms with Crippen LogP contribution in [0.5, 0.6) is 0 Å². The number of hydrogen-bond acceptors (Lipinski definition) is 7. The second kappa shape index (κ2) is 6.30. The van der Waals surface area contributed by atoms with Gasteiger partial charge in [0, 0.05) is 11.8 Å². The first kappa shape index (κ1) is 17.4. The molecule has 0 radical (unpaired) electrons. The topological polar surface area (TPSA) is 154 Å². The zero-order valence-corrected chi connectivity index (χ0v) is 13.0. The van der Waals surface area contributed by atoms with Gasteiger partial charge >= 0.3 is 13.5 Å². The van der Waals surface area contributed by atoms with Crippen molar-refractivity contribution >= 4 is 20.0 Å².